The van der Waals surface area contributed by atoms with Crippen LogP contribution in [-0.2, 0) is 0 Å². The second-order valence-electron chi connectivity index (χ2n) is 6.08. The summed E-state index contributed by atoms with van der Waals surface area (Å²) >= 11 is 1.28. The quantitative estimate of drug-likeness (QED) is 0.489. The van der Waals surface area contributed by atoms with Crippen molar-refractivity contribution in [2.45, 2.75) is 13.8 Å². The Labute approximate surface area is 165 Å². The van der Waals surface area contributed by atoms with Gasteiger partial charge in [0.2, 0.25) is 0 Å². The van der Waals surface area contributed by atoms with Crippen LogP contribution in [0.4, 0.5) is 5.69 Å². The highest BCUT2D eigenvalue weighted by Crippen LogP contribution is 2.32. The number of benzene rings is 1. The highest BCUT2D eigenvalue weighted by molar-refractivity contribution is 7.17. The lowest BCUT2D eigenvalue weighted by atomic mass is 10.3. The van der Waals surface area contributed by atoms with E-state index in [4.69, 9.17) is 9.15 Å². The van der Waals surface area contributed by atoms with Gasteiger partial charge in [0, 0.05) is 12.3 Å². The molecule has 0 aliphatic carbocycles. The number of nitrogens with one attached hydrogen (secondary N) is 1. The van der Waals surface area contributed by atoms with Crippen LogP contribution in [0.15, 0.2) is 65.3 Å². The third kappa shape index (κ3) is 3.79. The van der Waals surface area contributed by atoms with Crippen molar-refractivity contribution in [2.75, 3.05) is 5.32 Å². The molecule has 1 aromatic carbocycles. The van der Waals surface area contributed by atoms with Crippen molar-refractivity contribution >= 4 is 22.9 Å². The van der Waals surface area contributed by atoms with Crippen LogP contribution in [0.25, 0.3) is 10.8 Å². The Morgan fingerprint density at radius 2 is 1.93 bits per heavy atom. The van der Waals surface area contributed by atoms with Crippen LogP contribution < -0.4 is 10.1 Å². The zero-order chi connectivity index (χ0) is 19.5. The van der Waals surface area contributed by atoms with Crippen molar-refractivity contribution in [1.82, 2.24) is 9.97 Å². The van der Waals surface area contributed by atoms with Crippen molar-refractivity contribution < 1.29 is 13.9 Å². The van der Waals surface area contributed by atoms with Crippen LogP contribution in [0.2, 0.25) is 0 Å². The summed E-state index contributed by atoms with van der Waals surface area (Å²) in [6.07, 6.45) is 3.17. The average molecular weight is 391 g/mol. The molecule has 1 N–H and O–H groups in total. The van der Waals surface area contributed by atoms with Crippen LogP contribution in [-0.4, -0.2) is 15.9 Å². The molecule has 6 nitrogen and oxygen atoms in total. The van der Waals surface area contributed by atoms with E-state index in [9.17, 15) is 4.79 Å². The Balaban J connectivity index is 1.57. The molecule has 7 heteroatoms. The van der Waals surface area contributed by atoms with Crippen LogP contribution in [0.1, 0.15) is 21.1 Å². The molecule has 0 radical (unpaired) electrons. The number of carbonyl (C=O) groups excluding carboxylic acids is 1. The summed E-state index contributed by atoms with van der Waals surface area (Å²) in [6.45, 7) is 3.67. The molecule has 140 valence electrons. The lowest BCUT2D eigenvalue weighted by molar-refractivity contribution is 0.102. The maximum absolute atomic E-state index is 12.8. The fourth-order valence-electron chi connectivity index (χ4n) is 2.62. The highest BCUT2D eigenvalue weighted by Gasteiger charge is 2.19. The second-order valence-corrected chi connectivity index (χ2v) is 7.08. The Morgan fingerprint density at radius 1 is 1.11 bits per heavy atom. The fraction of sp³-hybridized carbons (Fsp3) is 0.0952. The summed E-state index contributed by atoms with van der Waals surface area (Å²) in [5.74, 6) is 2.37. The molecule has 0 saturated heterocycles. The molecular formula is C21H17N3O3S. The molecule has 3 aromatic heterocycles. The number of amides is 1. The van der Waals surface area contributed by atoms with Crippen LogP contribution >= 0.6 is 11.3 Å². The fourth-order valence-corrected chi connectivity index (χ4v) is 3.54. The molecule has 1 amide bonds. The van der Waals surface area contributed by atoms with Crippen molar-refractivity contribution in [3.8, 4) is 22.3 Å². The van der Waals surface area contributed by atoms with Crippen LogP contribution in [0.3, 0.4) is 0 Å². The first-order valence-corrected chi connectivity index (χ1v) is 9.44. The Hall–Kier alpha value is -3.45. The topological polar surface area (TPSA) is 77.2 Å². The molecule has 3 heterocycles. The first-order valence-electron chi connectivity index (χ1n) is 8.62. The van der Waals surface area contributed by atoms with Gasteiger partial charge >= 0.3 is 0 Å². The average Bonchev–Trinajstić information content (AvgIpc) is 3.30. The number of thiazole rings is 1. The van der Waals surface area contributed by atoms with Crippen molar-refractivity contribution in [3.05, 3.63) is 77.3 Å². The number of hydrogen-bond donors (Lipinski definition) is 1. The molecule has 0 aliphatic rings. The molecule has 4 aromatic rings. The van der Waals surface area contributed by atoms with Gasteiger partial charge in [-0.2, -0.15) is 0 Å². The number of pyridine rings is 1. The number of rotatable bonds is 5. The van der Waals surface area contributed by atoms with Gasteiger partial charge in [-0.05, 0) is 38.1 Å². The molecular weight excluding hydrogens is 374 g/mol. The first kappa shape index (κ1) is 17.9. The van der Waals surface area contributed by atoms with Gasteiger partial charge < -0.3 is 14.5 Å². The lowest BCUT2D eigenvalue weighted by Crippen LogP contribution is -2.12. The molecule has 0 aliphatic heterocycles. The smallest absolute Gasteiger partial charge is 0.267 e. The summed E-state index contributed by atoms with van der Waals surface area (Å²) < 4.78 is 11.5. The van der Waals surface area contributed by atoms with E-state index in [1.165, 1.54) is 11.3 Å². The zero-order valence-corrected chi connectivity index (χ0v) is 16.1. The molecule has 4 rings (SSSR count). The predicted molar refractivity (Wildman–Crippen MR) is 108 cm³/mol. The lowest BCUT2D eigenvalue weighted by Gasteiger charge is -2.11. The number of aromatic nitrogens is 2. The normalized spacial score (nSPS) is 10.6. The van der Waals surface area contributed by atoms with E-state index in [0.29, 0.717) is 38.5 Å². The molecule has 0 fully saturated rings. The number of aryl methyl sites for hydroxylation is 2. The first-order chi connectivity index (χ1) is 13.6. The number of ether oxygens (including phenoxy) is 1. The SMILES string of the molecule is Cc1ccc(-c2nc(C)c(C(=O)Nc3cnccc3Oc3ccccc3)s2)o1. The largest absolute Gasteiger partial charge is 0.459 e. The van der Waals surface area contributed by atoms with Gasteiger partial charge in [0.25, 0.3) is 5.91 Å². The van der Waals surface area contributed by atoms with E-state index in [-0.39, 0.29) is 5.91 Å². The summed E-state index contributed by atoms with van der Waals surface area (Å²) in [5.41, 5.74) is 1.13. The maximum Gasteiger partial charge on any atom is 0.267 e. The van der Waals surface area contributed by atoms with E-state index < -0.39 is 0 Å². The van der Waals surface area contributed by atoms with E-state index in [1.54, 1.807) is 25.4 Å². The Morgan fingerprint density at radius 3 is 2.68 bits per heavy atom. The van der Waals surface area contributed by atoms with Crippen LogP contribution in [0, 0.1) is 13.8 Å². The molecule has 0 saturated carbocycles. The minimum absolute atomic E-state index is 0.268. The van der Waals surface area contributed by atoms with E-state index in [1.807, 2.05) is 49.4 Å². The maximum atomic E-state index is 12.8. The third-order valence-corrected chi connectivity index (χ3v) is 5.13. The number of carbonyl (C=O) groups is 1. The molecule has 28 heavy (non-hydrogen) atoms. The molecule has 0 spiro atoms. The van der Waals surface area contributed by atoms with Gasteiger partial charge in [0.1, 0.15) is 22.1 Å². The Bertz CT molecular complexity index is 1120. The summed E-state index contributed by atoms with van der Waals surface area (Å²) in [6, 6.07) is 14.8. The van der Waals surface area contributed by atoms with Crippen LogP contribution in [0.5, 0.6) is 11.5 Å². The summed E-state index contributed by atoms with van der Waals surface area (Å²) in [4.78, 5) is 21.9. The molecule has 0 atom stereocenters. The summed E-state index contributed by atoms with van der Waals surface area (Å²) in [7, 11) is 0. The minimum Gasteiger partial charge on any atom is -0.459 e. The molecule has 0 bridgehead atoms. The van der Waals surface area contributed by atoms with Gasteiger partial charge in [-0.1, -0.05) is 18.2 Å². The van der Waals surface area contributed by atoms with E-state index in [0.717, 1.165) is 5.76 Å². The van der Waals surface area contributed by atoms with Gasteiger partial charge in [0.15, 0.2) is 16.5 Å². The number of nitrogens with zero attached hydrogens (tertiary/aromatic N) is 2. The third-order valence-electron chi connectivity index (χ3n) is 3.95. The van der Waals surface area contributed by atoms with Gasteiger partial charge in [-0.3, -0.25) is 9.78 Å². The monoisotopic (exact) mass is 391 g/mol. The van der Waals surface area contributed by atoms with Crippen molar-refractivity contribution in [2.24, 2.45) is 0 Å². The van der Waals surface area contributed by atoms with Gasteiger partial charge in [0.05, 0.1) is 11.9 Å². The number of furan rings is 1. The van der Waals surface area contributed by atoms with E-state index in [2.05, 4.69) is 15.3 Å². The predicted octanol–water partition coefficient (Wildman–Crippen LogP) is 5.46. The van der Waals surface area contributed by atoms with E-state index >= 15 is 0 Å². The van der Waals surface area contributed by atoms with Gasteiger partial charge in [-0.25, -0.2) is 4.98 Å². The zero-order valence-electron chi connectivity index (χ0n) is 15.3. The van der Waals surface area contributed by atoms with Gasteiger partial charge in [-0.15, -0.1) is 11.3 Å². The number of para-hydroxylation sites is 1. The van der Waals surface area contributed by atoms with Crippen molar-refractivity contribution in [3.63, 3.8) is 0 Å². The highest BCUT2D eigenvalue weighted by atomic mass is 32.1. The second kappa shape index (κ2) is 7.66. The van der Waals surface area contributed by atoms with Crippen molar-refractivity contribution in [1.29, 1.82) is 0 Å². The number of hydrogen-bond acceptors (Lipinski definition) is 6. The molecule has 0 unspecified atom stereocenters. The Kier molecular flexibility index (Phi) is 4.90. The minimum atomic E-state index is -0.268. The standard InChI is InChI=1S/C21H17N3O3S/c1-13-8-9-18(26-13)21-23-14(2)19(28-21)20(25)24-16-12-22-11-10-17(16)27-15-6-4-3-5-7-15/h3-12H,1-2H3,(H,24,25). The number of anilines is 1. The summed E-state index contributed by atoms with van der Waals surface area (Å²) in [5, 5.41) is 3.54.